The molecule has 0 fully saturated rings. The van der Waals surface area contributed by atoms with Gasteiger partial charge in [-0.1, -0.05) is 11.8 Å². The van der Waals surface area contributed by atoms with Gasteiger partial charge in [-0.2, -0.15) is 0 Å². The summed E-state index contributed by atoms with van der Waals surface area (Å²) in [6, 6.07) is 7.27. The Morgan fingerprint density at radius 2 is 2.00 bits per heavy atom. The quantitative estimate of drug-likeness (QED) is 0.490. The molecule has 6 nitrogen and oxygen atoms in total. The van der Waals surface area contributed by atoms with E-state index in [1.807, 2.05) is 45.0 Å². The van der Waals surface area contributed by atoms with Crippen molar-refractivity contribution in [3.63, 3.8) is 0 Å². The van der Waals surface area contributed by atoms with Gasteiger partial charge in [-0.15, -0.1) is 11.3 Å². The molecule has 0 aliphatic rings. The Morgan fingerprint density at radius 1 is 1.27 bits per heavy atom. The first-order chi connectivity index (χ1) is 12.5. The number of fused-ring (bicyclic) bond motifs is 1. The molecule has 0 saturated carbocycles. The van der Waals surface area contributed by atoms with Gasteiger partial charge in [0.1, 0.15) is 16.4 Å². The highest BCUT2D eigenvalue weighted by Gasteiger charge is 2.14. The molecule has 0 spiro atoms. The molecule has 0 radical (unpaired) electrons. The first kappa shape index (κ1) is 18.5. The predicted octanol–water partition coefficient (Wildman–Crippen LogP) is 4.02. The molecule has 0 unspecified atom stereocenters. The maximum atomic E-state index is 12.2. The van der Waals surface area contributed by atoms with Crippen molar-refractivity contribution < 1.29 is 9.53 Å². The van der Waals surface area contributed by atoms with E-state index < -0.39 is 0 Å². The molecule has 0 atom stereocenters. The normalized spacial score (nSPS) is 10.9. The Bertz CT molecular complexity index is 939. The summed E-state index contributed by atoms with van der Waals surface area (Å²) in [4.78, 5) is 23.0. The standard InChI is InChI=1S/C18H20N4O2S2/c1-4-24-13-7-5-12(6-8-13)20-14(23)9-25-18-21-16(19)15-10(2)11(3)26-17(15)22-18/h5-8H,4,9H2,1-3H3,(H,20,23)(H2,19,21,22). The van der Waals surface area contributed by atoms with Crippen LogP contribution in [0.1, 0.15) is 17.4 Å². The molecule has 2 heterocycles. The number of thioether (sulfide) groups is 1. The molecular weight excluding hydrogens is 368 g/mol. The lowest BCUT2D eigenvalue weighted by atomic mass is 10.2. The van der Waals surface area contributed by atoms with Gasteiger partial charge in [0.05, 0.1) is 17.7 Å². The second-order valence-electron chi connectivity index (χ2n) is 5.65. The molecule has 3 N–H and O–H groups in total. The van der Waals surface area contributed by atoms with Crippen LogP contribution < -0.4 is 15.8 Å². The minimum atomic E-state index is -0.125. The van der Waals surface area contributed by atoms with Crippen LogP contribution in [0.3, 0.4) is 0 Å². The van der Waals surface area contributed by atoms with Crippen molar-refractivity contribution in [2.75, 3.05) is 23.4 Å². The lowest BCUT2D eigenvalue weighted by molar-refractivity contribution is -0.113. The van der Waals surface area contributed by atoms with E-state index in [-0.39, 0.29) is 11.7 Å². The summed E-state index contributed by atoms with van der Waals surface area (Å²) in [5, 5.41) is 4.27. The maximum Gasteiger partial charge on any atom is 0.234 e. The van der Waals surface area contributed by atoms with Crippen LogP contribution in [0.15, 0.2) is 29.4 Å². The van der Waals surface area contributed by atoms with Crippen LogP contribution in [0, 0.1) is 13.8 Å². The van der Waals surface area contributed by atoms with Gasteiger partial charge < -0.3 is 15.8 Å². The minimum Gasteiger partial charge on any atom is -0.494 e. The number of nitrogens with one attached hydrogen (secondary N) is 1. The van der Waals surface area contributed by atoms with Gasteiger partial charge in [-0.25, -0.2) is 9.97 Å². The van der Waals surface area contributed by atoms with Crippen molar-refractivity contribution in [1.29, 1.82) is 0 Å². The first-order valence-corrected chi connectivity index (χ1v) is 9.97. The molecular formula is C18H20N4O2S2. The van der Waals surface area contributed by atoms with Crippen molar-refractivity contribution in [3.8, 4) is 5.75 Å². The third kappa shape index (κ3) is 4.08. The molecule has 0 saturated heterocycles. The van der Waals surface area contributed by atoms with Gasteiger partial charge in [-0.3, -0.25) is 4.79 Å². The van der Waals surface area contributed by atoms with E-state index in [2.05, 4.69) is 15.3 Å². The van der Waals surface area contributed by atoms with Crippen LogP contribution >= 0.6 is 23.1 Å². The molecule has 136 valence electrons. The smallest absolute Gasteiger partial charge is 0.234 e. The molecule has 0 aliphatic heterocycles. The van der Waals surface area contributed by atoms with Gasteiger partial charge in [0.2, 0.25) is 5.91 Å². The van der Waals surface area contributed by atoms with Crippen molar-refractivity contribution in [1.82, 2.24) is 9.97 Å². The average molecular weight is 389 g/mol. The highest BCUT2D eigenvalue weighted by Crippen LogP contribution is 2.33. The van der Waals surface area contributed by atoms with Gasteiger partial charge in [0.15, 0.2) is 5.16 Å². The number of aromatic nitrogens is 2. The Morgan fingerprint density at radius 3 is 2.69 bits per heavy atom. The fourth-order valence-electron chi connectivity index (χ4n) is 2.45. The molecule has 2 aromatic heterocycles. The summed E-state index contributed by atoms with van der Waals surface area (Å²) in [5.74, 6) is 1.33. The third-order valence-electron chi connectivity index (χ3n) is 3.82. The van der Waals surface area contributed by atoms with Gasteiger partial charge in [-0.05, 0) is 50.6 Å². The SMILES string of the molecule is CCOc1ccc(NC(=O)CSc2nc(N)c3c(C)c(C)sc3n2)cc1. The number of ether oxygens (including phenoxy) is 1. The number of hydrogen-bond acceptors (Lipinski definition) is 7. The van der Waals surface area contributed by atoms with Crippen molar-refractivity contribution in [2.45, 2.75) is 25.9 Å². The number of anilines is 2. The number of nitrogens with two attached hydrogens (primary N) is 1. The topological polar surface area (TPSA) is 90.1 Å². The van der Waals surface area contributed by atoms with E-state index >= 15 is 0 Å². The minimum absolute atomic E-state index is 0.125. The van der Waals surface area contributed by atoms with Crippen LogP contribution in [0.5, 0.6) is 5.75 Å². The second kappa shape index (κ2) is 7.92. The number of carbonyl (C=O) groups is 1. The summed E-state index contributed by atoms with van der Waals surface area (Å²) in [5.41, 5.74) is 7.91. The van der Waals surface area contributed by atoms with E-state index in [9.17, 15) is 4.79 Å². The summed E-state index contributed by atoms with van der Waals surface area (Å²) >= 11 is 2.86. The first-order valence-electron chi connectivity index (χ1n) is 8.16. The van der Waals surface area contributed by atoms with Crippen molar-refractivity contribution in [3.05, 3.63) is 34.7 Å². The van der Waals surface area contributed by atoms with E-state index in [0.717, 1.165) is 27.2 Å². The molecule has 1 amide bonds. The number of aryl methyl sites for hydroxylation is 2. The van der Waals surface area contributed by atoms with E-state index in [1.54, 1.807) is 11.3 Å². The van der Waals surface area contributed by atoms with Crippen molar-refractivity contribution >= 4 is 50.7 Å². The number of thiophene rings is 1. The molecule has 0 bridgehead atoms. The van der Waals surface area contributed by atoms with Crippen LogP contribution in [0.2, 0.25) is 0 Å². The Balaban J connectivity index is 1.63. The van der Waals surface area contributed by atoms with Crippen LogP contribution in [-0.4, -0.2) is 28.2 Å². The number of benzene rings is 1. The zero-order valence-corrected chi connectivity index (χ0v) is 16.5. The maximum absolute atomic E-state index is 12.2. The van der Waals surface area contributed by atoms with E-state index in [0.29, 0.717) is 17.6 Å². The highest BCUT2D eigenvalue weighted by molar-refractivity contribution is 7.99. The van der Waals surface area contributed by atoms with E-state index in [4.69, 9.17) is 10.5 Å². The number of nitrogen functional groups attached to an aromatic ring is 1. The highest BCUT2D eigenvalue weighted by atomic mass is 32.2. The number of amides is 1. The summed E-state index contributed by atoms with van der Waals surface area (Å²) in [6.07, 6.45) is 0. The van der Waals surface area contributed by atoms with E-state index in [1.165, 1.54) is 16.6 Å². The fraction of sp³-hybridized carbons (Fsp3) is 0.278. The summed E-state index contributed by atoms with van der Waals surface area (Å²) in [6.45, 7) is 6.60. The van der Waals surface area contributed by atoms with Crippen LogP contribution in [-0.2, 0) is 4.79 Å². The number of nitrogens with zero attached hydrogens (tertiary/aromatic N) is 2. The zero-order valence-electron chi connectivity index (χ0n) is 14.8. The number of rotatable bonds is 6. The Hall–Kier alpha value is -2.32. The molecule has 8 heteroatoms. The Kier molecular flexibility index (Phi) is 5.63. The summed E-state index contributed by atoms with van der Waals surface area (Å²) < 4.78 is 5.38. The van der Waals surface area contributed by atoms with Gasteiger partial charge in [0, 0.05) is 10.6 Å². The number of carbonyl (C=O) groups excluding carboxylic acids is 1. The van der Waals surface area contributed by atoms with Crippen LogP contribution in [0.4, 0.5) is 11.5 Å². The molecule has 3 rings (SSSR count). The second-order valence-corrected chi connectivity index (χ2v) is 7.79. The largest absolute Gasteiger partial charge is 0.494 e. The fourth-order valence-corrected chi connectivity index (χ4v) is 4.20. The lowest BCUT2D eigenvalue weighted by Crippen LogP contribution is -2.14. The Labute approximate surface area is 160 Å². The predicted molar refractivity (Wildman–Crippen MR) is 108 cm³/mol. The zero-order chi connectivity index (χ0) is 18.7. The van der Waals surface area contributed by atoms with Crippen LogP contribution in [0.25, 0.3) is 10.2 Å². The van der Waals surface area contributed by atoms with Crippen molar-refractivity contribution in [2.24, 2.45) is 0 Å². The molecule has 1 aromatic carbocycles. The lowest BCUT2D eigenvalue weighted by Gasteiger charge is -2.07. The number of hydrogen-bond donors (Lipinski definition) is 2. The van der Waals surface area contributed by atoms with Gasteiger partial charge >= 0.3 is 0 Å². The average Bonchev–Trinajstić information content (AvgIpc) is 2.90. The third-order valence-corrected chi connectivity index (χ3v) is 5.77. The van der Waals surface area contributed by atoms with Gasteiger partial charge in [0.25, 0.3) is 0 Å². The molecule has 26 heavy (non-hydrogen) atoms. The molecule has 3 aromatic rings. The summed E-state index contributed by atoms with van der Waals surface area (Å²) in [7, 11) is 0. The molecule has 0 aliphatic carbocycles. The monoisotopic (exact) mass is 388 g/mol.